The molecule has 38 heavy (non-hydrogen) atoms. The van der Waals surface area contributed by atoms with Gasteiger partial charge < -0.3 is 29.3 Å². The lowest BCUT2D eigenvalue weighted by molar-refractivity contribution is -0.154. The molecule has 2 saturated heterocycles. The van der Waals surface area contributed by atoms with E-state index < -0.39 is 41.8 Å². The molecule has 0 aromatic heterocycles. The van der Waals surface area contributed by atoms with Gasteiger partial charge in [0.05, 0.1) is 6.04 Å². The topological polar surface area (TPSA) is 117 Å². The third-order valence-electron chi connectivity index (χ3n) is 6.90. The normalized spacial score (nSPS) is 19.1. The molecule has 3 amide bonds. The fourth-order valence-electron chi connectivity index (χ4n) is 4.77. The van der Waals surface area contributed by atoms with Crippen LogP contribution in [0.1, 0.15) is 58.9 Å². The number of hydrogen-bond acceptors (Lipinski definition) is 6. The quantitative estimate of drug-likeness (QED) is 0.571. The van der Waals surface area contributed by atoms with Gasteiger partial charge in [-0.3, -0.25) is 9.59 Å². The molecule has 1 N–H and O–H groups in total. The number of piperidine rings is 2. The van der Waals surface area contributed by atoms with Crippen molar-refractivity contribution in [2.24, 2.45) is 5.41 Å². The van der Waals surface area contributed by atoms with E-state index in [1.54, 1.807) is 30.6 Å². The fourth-order valence-corrected chi connectivity index (χ4v) is 4.77. The molecule has 0 radical (unpaired) electrons. The molecule has 10 nitrogen and oxygen atoms in total. The summed E-state index contributed by atoms with van der Waals surface area (Å²) in [6.45, 7) is 8.33. The second kappa shape index (κ2) is 13.2. The minimum Gasteiger partial charge on any atom is -0.480 e. The van der Waals surface area contributed by atoms with Crippen molar-refractivity contribution >= 4 is 37.6 Å². The number of aliphatic carboxylic acids is 1. The molecule has 3 rings (SSSR count). The van der Waals surface area contributed by atoms with Crippen LogP contribution in [-0.2, 0) is 25.7 Å². The molecule has 2 aliphatic rings. The van der Waals surface area contributed by atoms with E-state index in [9.17, 15) is 24.3 Å². The van der Waals surface area contributed by atoms with Gasteiger partial charge in [-0.15, -0.1) is 0 Å². The summed E-state index contributed by atoms with van der Waals surface area (Å²) in [5.41, 5.74) is -0.575. The summed E-state index contributed by atoms with van der Waals surface area (Å²) in [6, 6.07) is 8.99. The number of ether oxygens (including phenoxy) is 2. The Hall–Kier alpha value is -2.95. The van der Waals surface area contributed by atoms with Crippen LogP contribution in [0, 0.1) is 5.41 Å². The van der Waals surface area contributed by atoms with Crippen molar-refractivity contribution in [1.82, 2.24) is 14.7 Å². The molecular weight excluding hydrogens is 510 g/mol. The molecule has 0 aliphatic carbocycles. The Morgan fingerprint density at radius 2 is 1.66 bits per heavy atom. The maximum atomic E-state index is 13.7. The Kier molecular flexibility index (Phi) is 10.9. The predicted octanol–water partition coefficient (Wildman–Crippen LogP) is 3.85. The van der Waals surface area contributed by atoms with E-state index in [-0.39, 0.29) is 32.6 Å². The molecule has 11 heteroatoms. The third kappa shape index (κ3) is 8.54. The van der Waals surface area contributed by atoms with E-state index in [1.165, 1.54) is 4.90 Å². The Morgan fingerprint density at radius 1 is 1.03 bits per heavy atom. The number of rotatable bonds is 6. The number of likely N-dealkylation sites (tertiary alicyclic amines) is 2. The van der Waals surface area contributed by atoms with E-state index in [2.05, 4.69) is 0 Å². The van der Waals surface area contributed by atoms with Crippen LogP contribution in [0.15, 0.2) is 30.3 Å². The van der Waals surface area contributed by atoms with Crippen molar-refractivity contribution < 1.29 is 33.8 Å². The molecule has 1 atom stereocenters. The fraction of sp³-hybridized carbons (Fsp3) is 0.630. The summed E-state index contributed by atoms with van der Waals surface area (Å²) in [6.07, 6.45) is 1.14. The number of benzene rings is 1. The maximum absolute atomic E-state index is 13.7. The predicted molar refractivity (Wildman–Crippen MR) is 146 cm³/mol. The first-order chi connectivity index (χ1) is 17.4. The lowest BCUT2D eigenvalue weighted by atomic mass is 9.78. The Balaban J connectivity index is 0.00000507. The molecule has 1 aromatic carbocycles. The summed E-state index contributed by atoms with van der Waals surface area (Å²) < 4.78 is 10.9. The van der Waals surface area contributed by atoms with Gasteiger partial charge in [0.25, 0.3) is 0 Å². The van der Waals surface area contributed by atoms with Gasteiger partial charge in [-0.25, -0.2) is 9.59 Å². The zero-order valence-corrected chi connectivity index (χ0v) is 23.8. The maximum Gasteiger partial charge on any atom is 0.410 e. The average molecular weight is 552 g/mol. The molecule has 2 aliphatic heterocycles. The molecule has 0 spiro atoms. The van der Waals surface area contributed by atoms with E-state index >= 15 is 0 Å². The smallest absolute Gasteiger partial charge is 0.410 e. The summed E-state index contributed by atoms with van der Waals surface area (Å²) in [7, 11) is 0. The molecular formula is C27H41N3O7S. The van der Waals surface area contributed by atoms with Crippen molar-refractivity contribution in [3.63, 3.8) is 0 Å². The highest BCUT2D eigenvalue weighted by molar-refractivity contribution is 7.59. The minimum atomic E-state index is -1.10. The Bertz CT molecular complexity index is 975. The van der Waals surface area contributed by atoms with E-state index in [4.69, 9.17) is 9.47 Å². The summed E-state index contributed by atoms with van der Waals surface area (Å²) in [4.78, 5) is 55.2. The van der Waals surface area contributed by atoms with E-state index in [0.29, 0.717) is 45.3 Å². The number of nitrogens with zero attached hydrogens (tertiary/aromatic N) is 3. The minimum absolute atomic E-state index is 0. The number of carbonyl (C=O) groups is 4. The highest BCUT2D eigenvalue weighted by Crippen LogP contribution is 2.35. The van der Waals surface area contributed by atoms with Gasteiger partial charge in [0.15, 0.2) is 0 Å². The van der Waals surface area contributed by atoms with Crippen LogP contribution in [0.5, 0.6) is 0 Å². The van der Waals surface area contributed by atoms with Crippen molar-refractivity contribution in [3.05, 3.63) is 35.9 Å². The highest BCUT2D eigenvalue weighted by Gasteiger charge is 2.44. The standard InChI is InChI=1S/C27H39N3O7.H2S/c1-26(2,3)37-25(35)29-14-8-11-21(17-29)30(18-22(31)32)23(33)27(4)12-15-28(16-13-27)24(34)36-19-20-9-6-5-7-10-20;/h5-7,9-10,21H,8,11-19H2,1-4H3,(H,31,32);1H2/t21-;/m0./s1. The SMILES string of the molecule is CC(C)(C)OC(=O)N1CCC[C@H](N(CC(=O)O)C(=O)C2(C)CCN(C(=O)OCc3ccccc3)CC2)C1.S. The number of hydrogen-bond donors (Lipinski definition) is 1. The number of carboxylic acid groups (broad SMARTS) is 1. The van der Waals surface area contributed by atoms with Gasteiger partial charge in [-0.2, -0.15) is 13.5 Å². The van der Waals surface area contributed by atoms with Crippen LogP contribution in [0.2, 0.25) is 0 Å². The number of carbonyl (C=O) groups excluding carboxylic acids is 3. The second-order valence-corrected chi connectivity index (χ2v) is 11.1. The van der Waals surface area contributed by atoms with Crippen molar-refractivity contribution in [3.8, 4) is 0 Å². The zero-order chi connectivity index (χ0) is 27.2. The molecule has 1 aromatic rings. The summed E-state index contributed by atoms with van der Waals surface area (Å²) >= 11 is 0. The molecule has 0 saturated carbocycles. The third-order valence-corrected chi connectivity index (χ3v) is 6.90. The Morgan fingerprint density at radius 3 is 2.24 bits per heavy atom. The second-order valence-electron chi connectivity index (χ2n) is 11.1. The van der Waals surface area contributed by atoms with E-state index in [1.807, 2.05) is 37.3 Å². The number of amides is 3. The van der Waals surface area contributed by atoms with Crippen molar-refractivity contribution in [2.75, 3.05) is 32.7 Å². The first-order valence-electron chi connectivity index (χ1n) is 12.8. The van der Waals surface area contributed by atoms with Crippen LogP contribution < -0.4 is 0 Å². The van der Waals surface area contributed by atoms with Crippen LogP contribution in [0.25, 0.3) is 0 Å². The van der Waals surface area contributed by atoms with Gasteiger partial charge in [0, 0.05) is 31.6 Å². The zero-order valence-electron chi connectivity index (χ0n) is 22.8. The van der Waals surface area contributed by atoms with Gasteiger partial charge in [0.1, 0.15) is 18.8 Å². The molecule has 2 heterocycles. The van der Waals surface area contributed by atoms with E-state index in [0.717, 1.165) is 5.56 Å². The molecule has 0 unspecified atom stereocenters. The van der Waals surface area contributed by atoms with Crippen LogP contribution in [-0.4, -0.2) is 88.2 Å². The molecule has 2 fully saturated rings. The number of carboxylic acids is 1. The van der Waals surface area contributed by atoms with Crippen molar-refractivity contribution in [2.45, 2.75) is 71.6 Å². The van der Waals surface area contributed by atoms with Crippen LogP contribution in [0.4, 0.5) is 9.59 Å². The lowest BCUT2D eigenvalue weighted by Gasteiger charge is -2.44. The first-order valence-corrected chi connectivity index (χ1v) is 12.8. The van der Waals surface area contributed by atoms with Crippen molar-refractivity contribution in [1.29, 1.82) is 0 Å². The largest absolute Gasteiger partial charge is 0.480 e. The molecule has 212 valence electrons. The Labute approximate surface area is 231 Å². The van der Waals surface area contributed by atoms with Gasteiger partial charge in [0.2, 0.25) is 5.91 Å². The van der Waals surface area contributed by atoms with Crippen LogP contribution in [0.3, 0.4) is 0 Å². The monoisotopic (exact) mass is 551 g/mol. The molecule has 0 bridgehead atoms. The lowest BCUT2D eigenvalue weighted by Crippen LogP contribution is -2.58. The van der Waals surface area contributed by atoms with Gasteiger partial charge in [-0.05, 0) is 52.0 Å². The van der Waals surface area contributed by atoms with Gasteiger partial charge >= 0.3 is 18.2 Å². The highest BCUT2D eigenvalue weighted by atomic mass is 32.1. The average Bonchev–Trinajstić information content (AvgIpc) is 2.85. The van der Waals surface area contributed by atoms with Gasteiger partial charge in [-0.1, -0.05) is 37.3 Å². The first kappa shape index (κ1) is 31.3. The summed E-state index contributed by atoms with van der Waals surface area (Å²) in [5.74, 6) is -1.36. The van der Waals surface area contributed by atoms with Crippen LogP contribution >= 0.6 is 13.5 Å². The summed E-state index contributed by atoms with van der Waals surface area (Å²) in [5, 5.41) is 9.57.